The van der Waals surface area contributed by atoms with Crippen LogP contribution in [0.1, 0.15) is 37.3 Å². The fraction of sp³-hybridized carbons (Fsp3) is 0.611. The zero-order valence-corrected chi connectivity index (χ0v) is 14.3. The van der Waals surface area contributed by atoms with E-state index in [0.717, 1.165) is 32.0 Å². The maximum absolute atomic E-state index is 13.3. The first kappa shape index (κ1) is 19.6. The molecule has 1 fully saturated rings. The van der Waals surface area contributed by atoms with Gasteiger partial charge in [0.1, 0.15) is 5.75 Å². The molecular weight excluding hydrogens is 335 g/mol. The Morgan fingerprint density at radius 3 is 2.80 bits per heavy atom. The molecule has 4 nitrogen and oxygen atoms in total. The zero-order chi connectivity index (χ0) is 18.3. The van der Waals surface area contributed by atoms with E-state index in [9.17, 15) is 18.0 Å². The summed E-state index contributed by atoms with van der Waals surface area (Å²) in [6.45, 7) is 3.92. The first-order valence-electron chi connectivity index (χ1n) is 8.59. The molecule has 0 aliphatic carbocycles. The van der Waals surface area contributed by atoms with E-state index in [-0.39, 0.29) is 37.7 Å². The molecule has 1 aliphatic rings. The summed E-state index contributed by atoms with van der Waals surface area (Å²) in [6.07, 6.45) is -2.28. The fourth-order valence-corrected chi connectivity index (χ4v) is 2.83. The molecule has 1 aliphatic heterocycles. The van der Waals surface area contributed by atoms with Crippen LogP contribution in [0.15, 0.2) is 18.2 Å². The van der Waals surface area contributed by atoms with Gasteiger partial charge in [0, 0.05) is 18.9 Å². The van der Waals surface area contributed by atoms with Gasteiger partial charge in [-0.15, -0.1) is 0 Å². The Balaban J connectivity index is 2.04. The Hall–Kier alpha value is -1.76. The molecule has 1 N–H and O–H groups in total. The summed E-state index contributed by atoms with van der Waals surface area (Å²) in [5.74, 6) is -0.350. The third-order valence-corrected chi connectivity index (χ3v) is 4.15. The number of carbonyl (C=O) groups excluding carboxylic acids is 1. The molecule has 1 saturated heterocycles. The van der Waals surface area contributed by atoms with E-state index in [4.69, 9.17) is 9.47 Å². The van der Waals surface area contributed by atoms with Gasteiger partial charge >= 0.3 is 12.1 Å². The molecule has 1 aromatic carbocycles. The summed E-state index contributed by atoms with van der Waals surface area (Å²) in [5.41, 5.74) is -0.357. The third-order valence-electron chi connectivity index (χ3n) is 4.15. The van der Waals surface area contributed by atoms with Crippen molar-refractivity contribution in [2.75, 3.05) is 26.3 Å². The number of alkyl halides is 3. The highest BCUT2D eigenvalue weighted by molar-refractivity contribution is 5.69. The highest BCUT2D eigenvalue weighted by Crippen LogP contribution is 2.37. The van der Waals surface area contributed by atoms with Crippen molar-refractivity contribution in [3.05, 3.63) is 29.3 Å². The van der Waals surface area contributed by atoms with Gasteiger partial charge in [-0.25, -0.2) is 0 Å². The lowest BCUT2D eigenvalue weighted by molar-refractivity contribution is -0.143. The first-order valence-corrected chi connectivity index (χ1v) is 8.59. The number of aryl methyl sites for hydroxylation is 1. The monoisotopic (exact) mass is 359 g/mol. The molecule has 0 saturated carbocycles. The van der Waals surface area contributed by atoms with Gasteiger partial charge in [-0.2, -0.15) is 13.2 Å². The molecule has 25 heavy (non-hydrogen) atoms. The highest BCUT2D eigenvalue weighted by atomic mass is 19.4. The Kier molecular flexibility index (Phi) is 7.11. The van der Waals surface area contributed by atoms with Gasteiger partial charge < -0.3 is 14.8 Å². The SMILES string of the molecule is CCOC(=O)CCc1ccc(OCC2CCCNC2)c(C(F)(F)F)c1. The zero-order valence-electron chi connectivity index (χ0n) is 14.3. The van der Waals surface area contributed by atoms with E-state index in [1.807, 2.05) is 0 Å². The second-order valence-corrected chi connectivity index (χ2v) is 6.16. The molecule has 0 bridgehead atoms. The van der Waals surface area contributed by atoms with Crippen molar-refractivity contribution in [1.82, 2.24) is 5.32 Å². The molecular formula is C18H24F3NO3. The van der Waals surface area contributed by atoms with Gasteiger partial charge in [0.15, 0.2) is 0 Å². The number of ether oxygens (including phenoxy) is 2. The van der Waals surface area contributed by atoms with Crippen LogP contribution >= 0.6 is 0 Å². The van der Waals surface area contributed by atoms with Gasteiger partial charge in [0.05, 0.1) is 18.8 Å². The number of hydrogen-bond acceptors (Lipinski definition) is 4. The minimum absolute atomic E-state index is 0.0546. The smallest absolute Gasteiger partial charge is 0.419 e. The van der Waals surface area contributed by atoms with Crippen molar-refractivity contribution < 1.29 is 27.4 Å². The summed E-state index contributed by atoms with van der Waals surface area (Å²) in [7, 11) is 0. The number of nitrogens with one attached hydrogen (secondary N) is 1. The van der Waals surface area contributed by atoms with Crippen LogP contribution in [0.2, 0.25) is 0 Å². The van der Waals surface area contributed by atoms with Crippen molar-refractivity contribution in [1.29, 1.82) is 0 Å². The molecule has 1 aromatic rings. The van der Waals surface area contributed by atoms with Gasteiger partial charge in [-0.3, -0.25) is 4.79 Å². The molecule has 0 aromatic heterocycles. The van der Waals surface area contributed by atoms with Crippen LogP contribution in [0, 0.1) is 5.92 Å². The van der Waals surface area contributed by atoms with Crippen LogP contribution in [0.25, 0.3) is 0 Å². The predicted molar refractivity (Wildman–Crippen MR) is 87.5 cm³/mol. The Morgan fingerprint density at radius 1 is 1.36 bits per heavy atom. The number of hydrogen-bond donors (Lipinski definition) is 1. The third kappa shape index (κ3) is 6.23. The van der Waals surface area contributed by atoms with Crippen LogP contribution in [0.3, 0.4) is 0 Å². The lowest BCUT2D eigenvalue weighted by Crippen LogP contribution is -2.33. The Morgan fingerprint density at radius 2 is 2.16 bits per heavy atom. The van der Waals surface area contributed by atoms with E-state index < -0.39 is 17.7 Å². The summed E-state index contributed by atoms with van der Waals surface area (Å²) in [5, 5.41) is 3.22. The molecule has 1 unspecified atom stereocenters. The molecule has 1 heterocycles. The van der Waals surface area contributed by atoms with Crippen LogP contribution in [0.5, 0.6) is 5.75 Å². The van der Waals surface area contributed by atoms with Crippen LogP contribution in [-0.2, 0) is 22.1 Å². The number of carbonyl (C=O) groups is 1. The van der Waals surface area contributed by atoms with Gasteiger partial charge in [0.2, 0.25) is 0 Å². The molecule has 0 radical (unpaired) electrons. The van der Waals surface area contributed by atoms with Gasteiger partial charge in [-0.05, 0) is 50.4 Å². The maximum atomic E-state index is 13.3. The largest absolute Gasteiger partial charge is 0.493 e. The number of halogens is 3. The minimum atomic E-state index is -4.50. The van der Waals surface area contributed by atoms with E-state index in [2.05, 4.69) is 5.32 Å². The second kappa shape index (κ2) is 9.08. The van der Waals surface area contributed by atoms with Gasteiger partial charge in [-0.1, -0.05) is 6.07 Å². The van der Waals surface area contributed by atoms with Crippen molar-refractivity contribution in [3.63, 3.8) is 0 Å². The van der Waals surface area contributed by atoms with Crippen molar-refractivity contribution in [2.24, 2.45) is 5.92 Å². The van der Waals surface area contributed by atoms with Crippen molar-refractivity contribution >= 4 is 5.97 Å². The van der Waals surface area contributed by atoms with Crippen LogP contribution in [0.4, 0.5) is 13.2 Å². The standard InChI is InChI=1S/C18H24F3NO3/c1-2-24-17(23)8-6-13-5-7-16(15(10-13)18(19,20)21)25-12-14-4-3-9-22-11-14/h5,7,10,14,22H,2-4,6,8-9,11-12H2,1H3. The molecule has 7 heteroatoms. The topological polar surface area (TPSA) is 47.6 Å². The quantitative estimate of drug-likeness (QED) is 0.756. The second-order valence-electron chi connectivity index (χ2n) is 6.16. The molecule has 2 rings (SSSR count). The van der Waals surface area contributed by atoms with Crippen LogP contribution in [-0.4, -0.2) is 32.3 Å². The molecule has 0 amide bonds. The number of benzene rings is 1. The summed E-state index contributed by atoms with van der Waals surface area (Å²) < 4.78 is 50.3. The van der Waals surface area contributed by atoms with Crippen LogP contribution < -0.4 is 10.1 Å². The predicted octanol–water partition coefficient (Wildman–Crippen LogP) is 3.58. The van der Waals surface area contributed by atoms with E-state index >= 15 is 0 Å². The van der Waals surface area contributed by atoms with Crippen molar-refractivity contribution in [3.8, 4) is 5.75 Å². The summed E-state index contributed by atoms with van der Waals surface area (Å²) in [4.78, 5) is 11.4. The maximum Gasteiger partial charge on any atom is 0.419 e. The lowest BCUT2D eigenvalue weighted by atomic mass is 10.0. The summed E-state index contributed by atoms with van der Waals surface area (Å²) >= 11 is 0. The van der Waals surface area contributed by atoms with E-state index in [0.29, 0.717) is 5.56 Å². The van der Waals surface area contributed by atoms with E-state index in [1.165, 1.54) is 6.07 Å². The average molecular weight is 359 g/mol. The molecule has 1 atom stereocenters. The number of piperidine rings is 1. The molecule has 140 valence electrons. The lowest BCUT2D eigenvalue weighted by Gasteiger charge is -2.24. The summed E-state index contributed by atoms with van der Waals surface area (Å²) in [6, 6.07) is 3.98. The van der Waals surface area contributed by atoms with Gasteiger partial charge in [0.25, 0.3) is 0 Å². The average Bonchev–Trinajstić information content (AvgIpc) is 2.59. The highest BCUT2D eigenvalue weighted by Gasteiger charge is 2.35. The van der Waals surface area contributed by atoms with E-state index in [1.54, 1.807) is 13.0 Å². The Bertz CT molecular complexity index is 569. The Labute approximate surface area is 145 Å². The number of esters is 1. The molecule has 0 spiro atoms. The first-order chi connectivity index (χ1) is 11.9. The van der Waals surface area contributed by atoms with Crippen molar-refractivity contribution in [2.45, 2.75) is 38.8 Å². The minimum Gasteiger partial charge on any atom is -0.493 e. The fourth-order valence-electron chi connectivity index (χ4n) is 2.83. The number of rotatable bonds is 7. The normalized spacial score (nSPS) is 18.0.